The highest BCUT2D eigenvalue weighted by atomic mass is 16.1. The van der Waals surface area contributed by atoms with Crippen molar-refractivity contribution < 1.29 is 4.79 Å². The van der Waals surface area contributed by atoms with Gasteiger partial charge in [-0.1, -0.05) is 29.8 Å². The number of nitrogens with one attached hydrogen (secondary N) is 1. The maximum absolute atomic E-state index is 11.7. The molecular weight excluding hydrogens is 276 g/mol. The van der Waals surface area contributed by atoms with Gasteiger partial charge in [-0.05, 0) is 18.6 Å². The first kappa shape index (κ1) is 14.8. The van der Waals surface area contributed by atoms with Crippen molar-refractivity contribution in [2.24, 2.45) is 0 Å². The molecule has 1 atom stereocenters. The molecule has 1 aliphatic heterocycles. The zero-order valence-electron chi connectivity index (χ0n) is 13.1. The summed E-state index contributed by atoms with van der Waals surface area (Å²) in [6.07, 6.45) is 2.29. The number of aryl methyl sites for hydroxylation is 1. The van der Waals surface area contributed by atoms with Crippen LogP contribution in [0, 0.1) is 6.92 Å². The number of benzene rings is 1. The predicted octanol–water partition coefficient (Wildman–Crippen LogP) is 1.88. The average molecular weight is 298 g/mol. The molecule has 3 rings (SSSR count). The van der Waals surface area contributed by atoms with Crippen LogP contribution in [0.15, 0.2) is 36.5 Å². The van der Waals surface area contributed by atoms with Gasteiger partial charge in [0.2, 0.25) is 5.91 Å². The van der Waals surface area contributed by atoms with Crippen LogP contribution in [0.4, 0.5) is 0 Å². The maximum atomic E-state index is 11.7. The van der Waals surface area contributed by atoms with Crippen molar-refractivity contribution in [3.05, 3.63) is 53.3 Å². The van der Waals surface area contributed by atoms with Crippen LogP contribution in [0.3, 0.4) is 0 Å². The Balaban J connectivity index is 1.74. The second kappa shape index (κ2) is 6.32. The van der Waals surface area contributed by atoms with Crippen molar-refractivity contribution in [1.29, 1.82) is 0 Å². The maximum Gasteiger partial charge on any atom is 0.221 e. The molecule has 2 heterocycles. The van der Waals surface area contributed by atoms with Crippen LogP contribution >= 0.6 is 0 Å². The Kier molecular flexibility index (Phi) is 4.24. The fraction of sp³-hybridized carbons (Fsp3) is 0.412. The van der Waals surface area contributed by atoms with Gasteiger partial charge in [0.1, 0.15) is 0 Å². The number of amides is 1. The topological polar surface area (TPSA) is 50.2 Å². The van der Waals surface area contributed by atoms with Crippen molar-refractivity contribution in [2.45, 2.75) is 32.5 Å². The largest absolute Gasteiger partial charge is 0.359 e. The van der Waals surface area contributed by atoms with Gasteiger partial charge in [0.05, 0.1) is 18.2 Å². The molecule has 22 heavy (non-hydrogen) atoms. The lowest BCUT2D eigenvalue weighted by Crippen LogP contribution is -2.39. The van der Waals surface area contributed by atoms with Crippen LogP contribution in [0.1, 0.15) is 29.3 Å². The number of rotatable bonds is 4. The Morgan fingerprint density at radius 3 is 2.82 bits per heavy atom. The molecule has 0 radical (unpaired) electrons. The molecule has 1 aromatic heterocycles. The van der Waals surface area contributed by atoms with E-state index in [1.807, 2.05) is 16.9 Å². The van der Waals surface area contributed by atoms with E-state index in [1.54, 1.807) is 7.05 Å². The Bertz CT molecular complexity index is 647. The van der Waals surface area contributed by atoms with E-state index in [9.17, 15) is 4.79 Å². The summed E-state index contributed by atoms with van der Waals surface area (Å²) in [4.78, 5) is 14.1. The van der Waals surface area contributed by atoms with E-state index in [-0.39, 0.29) is 11.9 Å². The second-order valence-electron chi connectivity index (χ2n) is 5.95. The van der Waals surface area contributed by atoms with E-state index < -0.39 is 0 Å². The van der Waals surface area contributed by atoms with Gasteiger partial charge in [-0.3, -0.25) is 14.4 Å². The monoisotopic (exact) mass is 298 g/mol. The lowest BCUT2D eigenvalue weighted by molar-refractivity contribution is -0.121. The molecule has 5 nitrogen and oxygen atoms in total. The van der Waals surface area contributed by atoms with Crippen molar-refractivity contribution in [3.63, 3.8) is 0 Å². The van der Waals surface area contributed by atoms with E-state index in [4.69, 9.17) is 0 Å². The van der Waals surface area contributed by atoms with Crippen molar-refractivity contribution in [3.8, 4) is 0 Å². The Morgan fingerprint density at radius 1 is 1.32 bits per heavy atom. The number of fused-ring (bicyclic) bond motifs is 1. The number of hydrogen-bond acceptors (Lipinski definition) is 3. The summed E-state index contributed by atoms with van der Waals surface area (Å²) < 4.78 is 2.00. The van der Waals surface area contributed by atoms with E-state index in [1.165, 1.54) is 16.8 Å². The Labute approximate surface area is 130 Å². The molecule has 0 bridgehead atoms. The fourth-order valence-electron chi connectivity index (χ4n) is 3.00. The number of carbonyl (C=O) groups excluding carboxylic acids is 1. The van der Waals surface area contributed by atoms with Crippen molar-refractivity contribution in [2.75, 3.05) is 13.6 Å². The van der Waals surface area contributed by atoms with Crippen LogP contribution in [-0.2, 0) is 17.9 Å². The molecule has 1 unspecified atom stereocenters. The third kappa shape index (κ3) is 3.20. The molecule has 2 aromatic rings. The summed E-state index contributed by atoms with van der Waals surface area (Å²) in [6, 6.07) is 10.8. The molecule has 1 aromatic carbocycles. The molecule has 0 saturated heterocycles. The molecule has 5 heteroatoms. The smallest absolute Gasteiger partial charge is 0.221 e. The third-order valence-electron chi connectivity index (χ3n) is 4.18. The van der Waals surface area contributed by atoms with Gasteiger partial charge in [-0.25, -0.2) is 0 Å². The summed E-state index contributed by atoms with van der Waals surface area (Å²) in [5.41, 5.74) is 3.75. The number of hydrogen-bond donors (Lipinski definition) is 1. The normalized spacial score (nSPS) is 18.0. The summed E-state index contributed by atoms with van der Waals surface area (Å²) in [5.74, 6) is 0.0589. The van der Waals surface area contributed by atoms with Crippen LogP contribution in [0.25, 0.3) is 0 Å². The molecule has 1 aliphatic rings. The van der Waals surface area contributed by atoms with E-state index in [2.05, 4.69) is 46.5 Å². The Hall–Kier alpha value is -2.14. The van der Waals surface area contributed by atoms with E-state index >= 15 is 0 Å². The van der Waals surface area contributed by atoms with Gasteiger partial charge in [0, 0.05) is 32.9 Å². The molecular formula is C17H22N4O. The zero-order chi connectivity index (χ0) is 15.5. The lowest BCUT2D eigenvalue weighted by Gasteiger charge is -2.33. The molecule has 0 spiro atoms. The molecule has 1 N–H and O–H groups in total. The van der Waals surface area contributed by atoms with Gasteiger partial charge in [0.25, 0.3) is 0 Å². The van der Waals surface area contributed by atoms with Gasteiger partial charge in [0.15, 0.2) is 0 Å². The quantitative estimate of drug-likeness (QED) is 0.937. The second-order valence-corrected chi connectivity index (χ2v) is 5.95. The number of carbonyl (C=O) groups is 1. The van der Waals surface area contributed by atoms with Gasteiger partial charge in [-0.15, -0.1) is 0 Å². The molecule has 0 saturated carbocycles. The SMILES string of the molecule is CNC(=O)CC1CN(Cc2ccc(C)cc2)Cc2ccnn21. The summed E-state index contributed by atoms with van der Waals surface area (Å²) >= 11 is 0. The highest BCUT2D eigenvalue weighted by Crippen LogP contribution is 2.24. The highest BCUT2D eigenvalue weighted by molar-refractivity contribution is 5.76. The van der Waals surface area contributed by atoms with Crippen LogP contribution in [0.5, 0.6) is 0 Å². The van der Waals surface area contributed by atoms with Gasteiger partial charge >= 0.3 is 0 Å². The van der Waals surface area contributed by atoms with Crippen molar-refractivity contribution >= 4 is 5.91 Å². The molecule has 0 fully saturated rings. The van der Waals surface area contributed by atoms with Crippen molar-refractivity contribution in [1.82, 2.24) is 20.0 Å². The summed E-state index contributed by atoms with van der Waals surface area (Å²) in [6.45, 7) is 4.71. The lowest BCUT2D eigenvalue weighted by atomic mass is 10.1. The van der Waals surface area contributed by atoms with Gasteiger partial charge < -0.3 is 5.32 Å². The first-order chi connectivity index (χ1) is 10.7. The fourth-order valence-corrected chi connectivity index (χ4v) is 3.00. The standard InChI is InChI=1S/C17H22N4O/c1-13-3-5-14(6-4-13)10-20-11-15-7-8-19-21(15)16(12-20)9-17(22)18-2/h3-8,16H,9-12H2,1-2H3,(H,18,22). The summed E-state index contributed by atoms with van der Waals surface area (Å²) in [5, 5.41) is 7.10. The molecule has 0 aliphatic carbocycles. The number of nitrogens with zero attached hydrogens (tertiary/aromatic N) is 3. The van der Waals surface area contributed by atoms with Crippen LogP contribution in [0.2, 0.25) is 0 Å². The minimum atomic E-state index is 0.0589. The van der Waals surface area contributed by atoms with Crippen LogP contribution in [-0.4, -0.2) is 34.2 Å². The minimum Gasteiger partial charge on any atom is -0.359 e. The van der Waals surface area contributed by atoms with E-state index in [0.29, 0.717) is 6.42 Å². The minimum absolute atomic E-state index is 0.0589. The van der Waals surface area contributed by atoms with E-state index in [0.717, 1.165) is 19.6 Å². The Morgan fingerprint density at radius 2 is 2.09 bits per heavy atom. The first-order valence-electron chi connectivity index (χ1n) is 7.66. The highest BCUT2D eigenvalue weighted by Gasteiger charge is 2.27. The average Bonchev–Trinajstić information content (AvgIpc) is 2.98. The number of aromatic nitrogens is 2. The molecule has 116 valence electrons. The zero-order valence-corrected chi connectivity index (χ0v) is 13.1. The summed E-state index contributed by atoms with van der Waals surface area (Å²) in [7, 11) is 1.68. The predicted molar refractivity (Wildman–Crippen MR) is 85.2 cm³/mol. The third-order valence-corrected chi connectivity index (χ3v) is 4.18. The first-order valence-corrected chi connectivity index (χ1v) is 7.66. The molecule has 1 amide bonds. The van der Waals surface area contributed by atoms with Gasteiger partial charge in [-0.2, -0.15) is 5.10 Å². The van der Waals surface area contributed by atoms with Crippen LogP contribution < -0.4 is 5.32 Å².